The Kier molecular flexibility index (Phi) is 11.1. The van der Waals surface area contributed by atoms with Crippen molar-refractivity contribution in [3.8, 4) is 0 Å². The Hall–Kier alpha value is -3.15. The van der Waals surface area contributed by atoms with Gasteiger partial charge in [0.2, 0.25) is 6.29 Å². The summed E-state index contributed by atoms with van der Waals surface area (Å²) in [5, 5.41) is 0. The maximum atomic E-state index is 15.7. The number of rotatable bonds is 12. The fraction of sp³-hybridized carbons (Fsp3) is 0.423. The number of esters is 3. The van der Waals surface area contributed by atoms with Crippen molar-refractivity contribution in [2.75, 3.05) is 6.61 Å². The molecule has 1 aliphatic heterocycles. The van der Waals surface area contributed by atoms with Crippen molar-refractivity contribution >= 4 is 25.7 Å². The summed E-state index contributed by atoms with van der Waals surface area (Å²) < 4.78 is 67.0. The maximum absolute atomic E-state index is 15.7. The van der Waals surface area contributed by atoms with E-state index in [9.17, 15) is 18.9 Å². The molecule has 0 spiro atoms. The minimum atomic E-state index is -4.54. The number of phosphoric acid groups is 1. The summed E-state index contributed by atoms with van der Waals surface area (Å²) in [7, 11) is -4.54. The van der Waals surface area contributed by atoms with E-state index in [0.717, 1.165) is 20.8 Å². The highest BCUT2D eigenvalue weighted by atomic mass is 31.2. The van der Waals surface area contributed by atoms with Crippen molar-refractivity contribution in [3.63, 3.8) is 0 Å². The van der Waals surface area contributed by atoms with Gasteiger partial charge in [-0.1, -0.05) is 60.7 Å². The number of hydrogen-bond donors (Lipinski definition) is 0. The lowest BCUT2D eigenvalue weighted by molar-refractivity contribution is -0.278. The van der Waals surface area contributed by atoms with Crippen molar-refractivity contribution in [3.05, 3.63) is 71.8 Å². The first kappa shape index (κ1) is 30.4. The van der Waals surface area contributed by atoms with Crippen LogP contribution in [0, 0.1) is 0 Å². The number of benzene rings is 2. The van der Waals surface area contributed by atoms with Crippen LogP contribution in [0.4, 0.5) is 4.39 Å². The molecule has 39 heavy (non-hydrogen) atoms. The molecule has 1 fully saturated rings. The molecule has 212 valence electrons. The molecular weight excluding hydrogens is 538 g/mol. The van der Waals surface area contributed by atoms with Crippen molar-refractivity contribution in [1.82, 2.24) is 0 Å². The summed E-state index contributed by atoms with van der Waals surface area (Å²) in [6.07, 6.45) is -8.95. The molecule has 5 atom stereocenters. The van der Waals surface area contributed by atoms with Crippen LogP contribution >= 0.6 is 7.82 Å². The number of carbonyl (C=O) groups is 3. The molecule has 2 aromatic rings. The van der Waals surface area contributed by atoms with Gasteiger partial charge in [-0.15, -0.1) is 0 Å². The molecule has 1 saturated heterocycles. The number of carbonyl (C=O) groups excluding carboxylic acids is 3. The highest BCUT2D eigenvalue weighted by Gasteiger charge is 2.53. The largest absolute Gasteiger partial charge is 0.477 e. The van der Waals surface area contributed by atoms with Crippen LogP contribution in [0.25, 0.3) is 0 Å². The molecule has 0 N–H and O–H groups in total. The number of hydrogen-bond acceptors (Lipinski definition) is 11. The second kappa shape index (κ2) is 14.3. The fourth-order valence-corrected chi connectivity index (χ4v) is 4.85. The monoisotopic (exact) mass is 568 g/mol. The number of phosphoric ester groups is 1. The second-order valence-corrected chi connectivity index (χ2v) is 10.1. The SMILES string of the molecule is CC(=O)OC[C@H]1O[C@H](OP(=O)(OCc2ccccc2)OCc2ccccc2)[C@H](OC(C)=O)[C@@H](F)[C@@H]1OC(C)=O. The van der Waals surface area contributed by atoms with Gasteiger partial charge >= 0.3 is 25.7 Å². The van der Waals surface area contributed by atoms with Gasteiger partial charge in [-0.2, -0.15) is 0 Å². The van der Waals surface area contributed by atoms with Gasteiger partial charge in [-0.05, 0) is 11.1 Å². The van der Waals surface area contributed by atoms with Crippen LogP contribution in [-0.4, -0.2) is 55.3 Å². The van der Waals surface area contributed by atoms with E-state index in [0.29, 0.717) is 11.1 Å². The third-order valence-corrected chi connectivity index (χ3v) is 6.68. The number of ether oxygens (including phenoxy) is 4. The summed E-state index contributed by atoms with van der Waals surface area (Å²) in [4.78, 5) is 34.8. The van der Waals surface area contributed by atoms with Crippen LogP contribution in [0.5, 0.6) is 0 Å². The molecule has 0 aromatic heterocycles. The predicted octanol–water partition coefficient (Wildman–Crippen LogP) is 4.03. The summed E-state index contributed by atoms with van der Waals surface area (Å²) in [5.74, 6) is -2.48. The quantitative estimate of drug-likeness (QED) is 0.209. The molecule has 1 aliphatic rings. The van der Waals surface area contributed by atoms with Gasteiger partial charge in [0.1, 0.15) is 12.7 Å². The predicted molar refractivity (Wildman–Crippen MR) is 132 cm³/mol. The van der Waals surface area contributed by atoms with Crippen molar-refractivity contribution < 1.29 is 55.9 Å². The molecule has 2 aromatic carbocycles. The normalized spacial score (nSPS) is 23.0. The van der Waals surface area contributed by atoms with Crippen LogP contribution < -0.4 is 0 Å². The highest BCUT2D eigenvalue weighted by Crippen LogP contribution is 2.53. The number of alkyl halides is 1. The van der Waals surface area contributed by atoms with Gasteiger partial charge in [-0.3, -0.25) is 28.0 Å². The van der Waals surface area contributed by atoms with Gasteiger partial charge in [-0.25, -0.2) is 8.96 Å². The van der Waals surface area contributed by atoms with Gasteiger partial charge in [0.05, 0.1) is 13.2 Å². The van der Waals surface area contributed by atoms with Gasteiger partial charge < -0.3 is 18.9 Å². The Labute approximate surface area is 225 Å². The summed E-state index contributed by atoms with van der Waals surface area (Å²) >= 11 is 0. The molecule has 3 rings (SSSR count). The standard InChI is InChI=1S/C26H30FO11P/c1-17(28)32-16-22-24(35-18(2)29)23(27)25(36-19(3)30)26(37-22)38-39(31,33-14-20-10-6-4-7-11-20)34-15-21-12-8-5-9-13-21/h4-13,22-26H,14-16H2,1-3H3/t22-,23+,24-,25-,26-/m1/s1. The van der Waals surface area contributed by atoms with Crippen LogP contribution in [0.3, 0.4) is 0 Å². The van der Waals surface area contributed by atoms with E-state index in [4.69, 9.17) is 32.5 Å². The lowest BCUT2D eigenvalue weighted by atomic mass is 10.00. The van der Waals surface area contributed by atoms with E-state index in [1.54, 1.807) is 60.7 Å². The summed E-state index contributed by atoms with van der Waals surface area (Å²) in [6.45, 7) is 2.23. The first-order chi connectivity index (χ1) is 18.6. The third kappa shape index (κ3) is 9.52. The van der Waals surface area contributed by atoms with E-state index < -0.39 is 63.1 Å². The minimum absolute atomic E-state index is 0.205. The smallest absolute Gasteiger partial charge is 0.463 e. The molecule has 1 heterocycles. The second-order valence-electron chi connectivity index (χ2n) is 8.51. The molecule has 0 unspecified atom stereocenters. The Morgan fingerprint density at radius 3 is 1.74 bits per heavy atom. The van der Waals surface area contributed by atoms with Crippen LogP contribution in [0.15, 0.2) is 60.7 Å². The van der Waals surface area contributed by atoms with Gasteiger partial charge in [0.15, 0.2) is 18.4 Å². The van der Waals surface area contributed by atoms with Gasteiger partial charge in [0, 0.05) is 20.8 Å². The Morgan fingerprint density at radius 1 is 0.795 bits per heavy atom. The third-order valence-electron chi connectivity index (χ3n) is 5.32. The van der Waals surface area contributed by atoms with E-state index in [-0.39, 0.29) is 13.2 Å². The van der Waals surface area contributed by atoms with Gasteiger partial charge in [0.25, 0.3) is 0 Å². The van der Waals surface area contributed by atoms with Crippen molar-refractivity contribution in [2.45, 2.75) is 64.8 Å². The highest BCUT2D eigenvalue weighted by molar-refractivity contribution is 7.48. The minimum Gasteiger partial charge on any atom is -0.463 e. The lowest BCUT2D eigenvalue weighted by Crippen LogP contribution is -2.60. The molecule has 11 nitrogen and oxygen atoms in total. The molecule has 0 amide bonds. The molecular formula is C26H30FO11P. The summed E-state index contributed by atoms with van der Waals surface area (Å²) in [5.41, 5.74) is 1.27. The Morgan fingerprint density at radius 2 is 1.28 bits per heavy atom. The first-order valence-corrected chi connectivity index (χ1v) is 13.4. The Balaban J connectivity index is 1.89. The zero-order chi connectivity index (χ0) is 28.4. The van der Waals surface area contributed by atoms with Crippen LogP contribution in [0.1, 0.15) is 31.9 Å². The lowest BCUT2D eigenvalue weighted by Gasteiger charge is -2.42. The Bertz CT molecular complexity index is 1100. The first-order valence-electron chi connectivity index (χ1n) is 12.0. The van der Waals surface area contributed by atoms with E-state index in [1.807, 2.05) is 0 Å². The van der Waals surface area contributed by atoms with Crippen molar-refractivity contribution in [1.29, 1.82) is 0 Å². The molecule has 0 bridgehead atoms. The van der Waals surface area contributed by atoms with Crippen LogP contribution in [0.2, 0.25) is 0 Å². The zero-order valence-corrected chi connectivity index (χ0v) is 22.5. The topological polar surface area (TPSA) is 133 Å². The molecule has 0 aliphatic carbocycles. The molecule has 13 heteroatoms. The maximum Gasteiger partial charge on any atom is 0.477 e. The average Bonchev–Trinajstić information content (AvgIpc) is 2.90. The zero-order valence-electron chi connectivity index (χ0n) is 21.6. The van der Waals surface area contributed by atoms with E-state index in [2.05, 4.69) is 0 Å². The fourth-order valence-electron chi connectivity index (χ4n) is 3.61. The average molecular weight is 568 g/mol. The van der Waals surface area contributed by atoms with Crippen LogP contribution in [-0.2, 0) is 64.7 Å². The summed E-state index contributed by atoms with van der Waals surface area (Å²) in [6, 6.07) is 17.4. The molecule has 0 radical (unpaired) electrons. The van der Waals surface area contributed by atoms with E-state index in [1.165, 1.54) is 0 Å². The number of halogens is 1. The van der Waals surface area contributed by atoms with E-state index >= 15 is 4.39 Å². The molecule has 0 saturated carbocycles. The van der Waals surface area contributed by atoms with Crippen molar-refractivity contribution in [2.24, 2.45) is 0 Å².